The number of fused-ring (bicyclic) bond motifs is 2. The van der Waals surface area contributed by atoms with Gasteiger partial charge >= 0.3 is 0 Å². The fourth-order valence-electron chi connectivity index (χ4n) is 7.27. The quantitative estimate of drug-likeness (QED) is 0.841. The van der Waals surface area contributed by atoms with Crippen molar-refractivity contribution in [2.45, 2.75) is 70.3 Å². The summed E-state index contributed by atoms with van der Waals surface area (Å²) in [6.45, 7) is 0. The molecule has 6 saturated carbocycles. The molecule has 21 heavy (non-hydrogen) atoms. The van der Waals surface area contributed by atoms with Gasteiger partial charge in [0.1, 0.15) is 0 Å². The van der Waals surface area contributed by atoms with Crippen LogP contribution in [0.3, 0.4) is 0 Å². The zero-order chi connectivity index (χ0) is 14.0. The third kappa shape index (κ3) is 2.16. The third-order valence-electron chi connectivity index (χ3n) is 7.89. The minimum absolute atomic E-state index is 0.394. The molecule has 0 heterocycles. The van der Waals surface area contributed by atoms with Gasteiger partial charge in [0, 0.05) is 12.5 Å². The van der Waals surface area contributed by atoms with Crippen LogP contribution in [-0.2, 0) is 4.79 Å². The van der Waals surface area contributed by atoms with E-state index in [1.54, 1.807) is 0 Å². The molecule has 0 saturated heterocycles. The maximum Gasteiger partial charge on any atom is 0.220 e. The standard InChI is InChI=1S/C19H29NO/c21-18(10-15-5-11-1-2-14(15)4-11)20-19-16-6-12-3-13(8-16)9-17(19)7-12/h11-17,19H,1-10H2,(H,20,21)/t11-,12?,13?,14+,15+,16?,17?,19?/m0/s1. The van der Waals surface area contributed by atoms with Gasteiger partial charge in [0.25, 0.3) is 0 Å². The van der Waals surface area contributed by atoms with E-state index in [-0.39, 0.29) is 0 Å². The van der Waals surface area contributed by atoms with E-state index in [1.807, 2.05) is 0 Å². The molecular formula is C19H29NO. The van der Waals surface area contributed by atoms with Crippen LogP contribution < -0.4 is 5.32 Å². The lowest BCUT2D eigenvalue weighted by Gasteiger charge is -2.54. The third-order valence-corrected chi connectivity index (χ3v) is 7.89. The second-order valence-corrected chi connectivity index (χ2v) is 9.16. The lowest BCUT2D eigenvalue weighted by atomic mass is 9.54. The van der Waals surface area contributed by atoms with Gasteiger partial charge in [-0.05, 0) is 92.8 Å². The van der Waals surface area contributed by atoms with Crippen molar-refractivity contribution in [3.63, 3.8) is 0 Å². The Balaban J connectivity index is 1.21. The lowest BCUT2D eigenvalue weighted by Crippen LogP contribution is -2.56. The summed E-state index contributed by atoms with van der Waals surface area (Å²) in [6, 6.07) is 0.545. The van der Waals surface area contributed by atoms with E-state index in [0.29, 0.717) is 11.9 Å². The number of nitrogens with one attached hydrogen (secondary N) is 1. The van der Waals surface area contributed by atoms with Gasteiger partial charge in [0.2, 0.25) is 5.91 Å². The van der Waals surface area contributed by atoms with Crippen LogP contribution in [0.25, 0.3) is 0 Å². The molecule has 6 bridgehead atoms. The van der Waals surface area contributed by atoms with Crippen molar-refractivity contribution in [3.8, 4) is 0 Å². The molecule has 3 atom stereocenters. The molecule has 116 valence electrons. The average Bonchev–Trinajstić information content (AvgIpc) is 3.04. The summed E-state index contributed by atoms with van der Waals surface area (Å²) in [5.74, 6) is 6.63. The number of rotatable bonds is 3. The topological polar surface area (TPSA) is 29.1 Å². The van der Waals surface area contributed by atoms with Crippen molar-refractivity contribution >= 4 is 5.91 Å². The van der Waals surface area contributed by atoms with Crippen LogP contribution in [0.1, 0.15) is 64.2 Å². The summed E-state index contributed by atoms with van der Waals surface area (Å²) in [4.78, 5) is 12.6. The Kier molecular flexibility index (Phi) is 2.92. The van der Waals surface area contributed by atoms with Crippen LogP contribution in [0.4, 0.5) is 0 Å². The Morgan fingerprint density at radius 3 is 2.00 bits per heavy atom. The molecule has 6 fully saturated rings. The molecule has 6 aliphatic carbocycles. The van der Waals surface area contributed by atoms with Gasteiger partial charge in [-0.15, -0.1) is 0 Å². The number of hydrogen-bond donors (Lipinski definition) is 1. The maximum atomic E-state index is 12.6. The first-order valence-electron chi connectivity index (χ1n) is 9.54. The zero-order valence-corrected chi connectivity index (χ0v) is 13.1. The largest absolute Gasteiger partial charge is 0.353 e. The first kappa shape index (κ1) is 13.0. The van der Waals surface area contributed by atoms with Gasteiger partial charge in [-0.3, -0.25) is 4.79 Å². The second kappa shape index (κ2) is 4.73. The van der Waals surface area contributed by atoms with Crippen molar-refractivity contribution < 1.29 is 4.79 Å². The molecule has 0 aliphatic heterocycles. The molecule has 2 nitrogen and oxygen atoms in total. The number of carbonyl (C=O) groups is 1. The molecule has 1 amide bonds. The van der Waals surface area contributed by atoms with Gasteiger partial charge in [-0.1, -0.05) is 6.42 Å². The van der Waals surface area contributed by atoms with Gasteiger partial charge in [0.05, 0.1) is 0 Å². The lowest BCUT2D eigenvalue weighted by molar-refractivity contribution is -0.126. The number of amides is 1. The highest BCUT2D eigenvalue weighted by Crippen LogP contribution is 2.54. The molecular weight excluding hydrogens is 258 g/mol. The van der Waals surface area contributed by atoms with E-state index < -0.39 is 0 Å². The summed E-state index contributed by atoms with van der Waals surface area (Å²) in [7, 11) is 0. The van der Waals surface area contributed by atoms with Crippen LogP contribution >= 0.6 is 0 Å². The normalized spacial score (nSPS) is 53.3. The smallest absolute Gasteiger partial charge is 0.220 e. The predicted octanol–water partition coefficient (Wildman–Crippen LogP) is 3.75. The first-order chi connectivity index (χ1) is 10.2. The summed E-state index contributed by atoms with van der Waals surface area (Å²) in [5.41, 5.74) is 0. The highest BCUT2D eigenvalue weighted by Gasteiger charge is 2.49. The molecule has 1 N–H and O–H groups in total. The zero-order valence-electron chi connectivity index (χ0n) is 13.1. The van der Waals surface area contributed by atoms with Gasteiger partial charge in [0.15, 0.2) is 0 Å². The van der Waals surface area contributed by atoms with E-state index in [4.69, 9.17) is 0 Å². The van der Waals surface area contributed by atoms with Gasteiger partial charge in [-0.25, -0.2) is 0 Å². The number of hydrogen-bond acceptors (Lipinski definition) is 1. The Morgan fingerprint density at radius 1 is 0.762 bits per heavy atom. The highest BCUT2D eigenvalue weighted by atomic mass is 16.1. The van der Waals surface area contributed by atoms with E-state index in [1.165, 1.54) is 57.8 Å². The van der Waals surface area contributed by atoms with Gasteiger partial charge < -0.3 is 5.32 Å². The van der Waals surface area contributed by atoms with E-state index >= 15 is 0 Å². The Bertz CT molecular complexity index is 417. The molecule has 2 heteroatoms. The Labute approximate surface area is 128 Å². The Morgan fingerprint density at radius 2 is 1.43 bits per heavy atom. The minimum atomic E-state index is 0.394. The maximum absolute atomic E-state index is 12.6. The molecule has 6 aliphatic rings. The molecule has 0 aromatic carbocycles. The summed E-state index contributed by atoms with van der Waals surface area (Å²) < 4.78 is 0. The van der Waals surface area contributed by atoms with Crippen LogP contribution in [0, 0.1) is 41.4 Å². The van der Waals surface area contributed by atoms with E-state index in [2.05, 4.69) is 5.32 Å². The molecule has 0 spiro atoms. The van der Waals surface area contributed by atoms with Crippen LogP contribution in [0.5, 0.6) is 0 Å². The predicted molar refractivity (Wildman–Crippen MR) is 82.5 cm³/mol. The van der Waals surface area contributed by atoms with Crippen molar-refractivity contribution in [1.29, 1.82) is 0 Å². The fourth-order valence-corrected chi connectivity index (χ4v) is 7.27. The molecule has 0 aromatic heterocycles. The van der Waals surface area contributed by atoms with Crippen molar-refractivity contribution in [2.24, 2.45) is 41.4 Å². The first-order valence-corrected chi connectivity index (χ1v) is 9.54. The van der Waals surface area contributed by atoms with Crippen molar-refractivity contribution in [2.75, 3.05) is 0 Å². The molecule has 0 aromatic rings. The summed E-state index contributed by atoms with van der Waals surface area (Å²) in [5, 5.41) is 3.51. The number of carbonyl (C=O) groups excluding carboxylic acids is 1. The Hall–Kier alpha value is -0.530. The van der Waals surface area contributed by atoms with Crippen LogP contribution in [0.2, 0.25) is 0 Å². The molecule has 6 rings (SSSR count). The van der Waals surface area contributed by atoms with Crippen LogP contribution in [0.15, 0.2) is 0 Å². The fraction of sp³-hybridized carbons (Fsp3) is 0.947. The summed E-state index contributed by atoms with van der Waals surface area (Å²) >= 11 is 0. The monoisotopic (exact) mass is 287 g/mol. The van der Waals surface area contributed by atoms with Crippen LogP contribution in [-0.4, -0.2) is 11.9 Å². The van der Waals surface area contributed by atoms with Crippen molar-refractivity contribution in [1.82, 2.24) is 5.32 Å². The second-order valence-electron chi connectivity index (χ2n) is 9.16. The van der Waals surface area contributed by atoms with Crippen molar-refractivity contribution in [3.05, 3.63) is 0 Å². The molecule has 0 unspecified atom stereocenters. The van der Waals surface area contributed by atoms with E-state index in [0.717, 1.165) is 47.8 Å². The van der Waals surface area contributed by atoms with E-state index in [9.17, 15) is 4.79 Å². The summed E-state index contributed by atoms with van der Waals surface area (Å²) in [6.07, 6.45) is 13.6. The minimum Gasteiger partial charge on any atom is -0.353 e. The highest BCUT2D eigenvalue weighted by molar-refractivity contribution is 5.76. The van der Waals surface area contributed by atoms with Gasteiger partial charge in [-0.2, -0.15) is 0 Å². The average molecular weight is 287 g/mol. The SMILES string of the molecule is O=C(C[C@H]1C[C@H]2CC[C@@H]1C2)NC1C2CC3CC(C2)CC1C3. The molecule has 0 radical (unpaired) electrons.